The summed E-state index contributed by atoms with van der Waals surface area (Å²) >= 11 is 0. The van der Waals surface area contributed by atoms with Crippen molar-refractivity contribution in [2.24, 2.45) is 5.73 Å². The van der Waals surface area contributed by atoms with Crippen LogP contribution in [0.5, 0.6) is 11.5 Å². The number of rotatable bonds is 5. The van der Waals surface area contributed by atoms with E-state index in [0.717, 1.165) is 16.9 Å². The molecule has 2 N–H and O–H groups in total. The fourth-order valence-corrected chi connectivity index (χ4v) is 3.43. The SMILES string of the molecule is COc1ccc(C(C)N2Cc3c(F)cc(OC)cc3C2CN)cc1. The van der Waals surface area contributed by atoms with Gasteiger partial charge in [0.1, 0.15) is 17.3 Å². The number of benzene rings is 2. The van der Waals surface area contributed by atoms with Crippen molar-refractivity contribution in [2.45, 2.75) is 25.6 Å². The van der Waals surface area contributed by atoms with E-state index in [0.29, 0.717) is 24.4 Å². The standard InChI is InChI=1S/C19H23FN2O2/c1-12(13-4-6-14(23-2)7-5-13)22-11-17-16(19(22)10-21)8-15(24-3)9-18(17)20/h4-9,12,19H,10-11,21H2,1-3H3. The molecule has 2 atom stereocenters. The lowest BCUT2D eigenvalue weighted by Crippen LogP contribution is -2.30. The van der Waals surface area contributed by atoms with Crippen molar-refractivity contribution in [1.29, 1.82) is 0 Å². The van der Waals surface area contributed by atoms with Gasteiger partial charge in [0.05, 0.1) is 14.2 Å². The van der Waals surface area contributed by atoms with Crippen LogP contribution in [0.4, 0.5) is 4.39 Å². The lowest BCUT2D eigenvalue weighted by atomic mass is 10.0. The van der Waals surface area contributed by atoms with Crippen molar-refractivity contribution >= 4 is 0 Å². The van der Waals surface area contributed by atoms with Gasteiger partial charge >= 0.3 is 0 Å². The van der Waals surface area contributed by atoms with E-state index in [1.54, 1.807) is 14.2 Å². The number of fused-ring (bicyclic) bond motifs is 1. The highest BCUT2D eigenvalue weighted by atomic mass is 19.1. The van der Waals surface area contributed by atoms with Crippen LogP contribution in [0.2, 0.25) is 0 Å². The molecule has 1 aliphatic rings. The number of hydrogen-bond donors (Lipinski definition) is 1. The third-order valence-corrected chi connectivity index (χ3v) is 4.86. The Bertz CT molecular complexity index is 718. The largest absolute Gasteiger partial charge is 0.497 e. The van der Waals surface area contributed by atoms with Crippen LogP contribution in [-0.2, 0) is 6.54 Å². The number of nitrogens with zero attached hydrogens (tertiary/aromatic N) is 1. The first-order valence-corrected chi connectivity index (χ1v) is 8.05. The minimum atomic E-state index is -0.229. The van der Waals surface area contributed by atoms with Crippen LogP contribution in [0.25, 0.3) is 0 Å². The summed E-state index contributed by atoms with van der Waals surface area (Å²) < 4.78 is 24.8. The lowest BCUT2D eigenvalue weighted by molar-refractivity contribution is 0.160. The van der Waals surface area contributed by atoms with Crippen LogP contribution < -0.4 is 15.2 Å². The van der Waals surface area contributed by atoms with Gasteiger partial charge in [-0.05, 0) is 36.2 Å². The first kappa shape index (κ1) is 16.7. The van der Waals surface area contributed by atoms with Crippen LogP contribution in [0.15, 0.2) is 36.4 Å². The molecule has 0 amide bonds. The summed E-state index contributed by atoms with van der Waals surface area (Å²) in [5.74, 6) is 1.12. The highest BCUT2D eigenvalue weighted by Gasteiger charge is 2.35. The molecule has 2 aromatic carbocycles. The maximum atomic E-state index is 14.4. The molecule has 2 unspecified atom stereocenters. The van der Waals surface area contributed by atoms with Gasteiger partial charge in [-0.25, -0.2) is 4.39 Å². The van der Waals surface area contributed by atoms with E-state index in [9.17, 15) is 4.39 Å². The molecule has 128 valence electrons. The molecule has 5 heteroatoms. The topological polar surface area (TPSA) is 47.7 Å². The Kier molecular flexibility index (Phi) is 4.73. The predicted molar refractivity (Wildman–Crippen MR) is 91.7 cm³/mol. The molecule has 0 spiro atoms. The first-order valence-electron chi connectivity index (χ1n) is 8.05. The van der Waals surface area contributed by atoms with Crippen molar-refractivity contribution < 1.29 is 13.9 Å². The van der Waals surface area contributed by atoms with Gasteiger partial charge in [-0.15, -0.1) is 0 Å². The van der Waals surface area contributed by atoms with Gasteiger partial charge in [0.2, 0.25) is 0 Å². The van der Waals surface area contributed by atoms with Gasteiger partial charge in [-0.2, -0.15) is 0 Å². The smallest absolute Gasteiger partial charge is 0.131 e. The minimum Gasteiger partial charge on any atom is -0.497 e. The summed E-state index contributed by atoms with van der Waals surface area (Å²) in [4.78, 5) is 2.23. The van der Waals surface area contributed by atoms with E-state index in [-0.39, 0.29) is 17.9 Å². The first-order chi connectivity index (χ1) is 11.6. The lowest BCUT2D eigenvalue weighted by Gasteiger charge is -2.30. The predicted octanol–water partition coefficient (Wildman–Crippen LogP) is 3.42. The summed E-state index contributed by atoms with van der Waals surface area (Å²) in [7, 11) is 3.20. The quantitative estimate of drug-likeness (QED) is 0.912. The molecular formula is C19H23FN2O2. The zero-order chi connectivity index (χ0) is 17.3. The highest BCUT2D eigenvalue weighted by molar-refractivity contribution is 5.42. The average Bonchev–Trinajstić information content (AvgIpc) is 3.00. The fraction of sp³-hybridized carbons (Fsp3) is 0.368. The van der Waals surface area contributed by atoms with Crippen molar-refractivity contribution in [3.05, 3.63) is 58.9 Å². The molecule has 0 aliphatic carbocycles. The molecule has 2 aromatic rings. The van der Waals surface area contributed by atoms with Gasteiger partial charge in [0.15, 0.2) is 0 Å². The monoisotopic (exact) mass is 330 g/mol. The number of halogens is 1. The van der Waals surface area contributed by atoms with E-state index in [1.807, 2.05) is 30.3 Å². The molecular weight excluding hydrogens is 307 g/mol. The Morgan fingerprint density at radius 1 is 1.17 bits per heavy atom. The zero-order valence-electron chi connectivity index (χ0n) is 14.3. The van der Waals surface area contributed by atoms with Gasteiger partial charge in [0.25, 0.3) is 0 Å². The molecule has 0 bridgehead atoms. The summed E-state index contributed by atoms with van der Waals surface area (Å²) in [5.41, 5.74) is 8.80. The Morgan fingerprint density at radius 3 is 2.42 bits per heavy atom. The second-order valence-electron chi connectivity index (χ2n) is 6.05. The summed E-state index contributed by atoms with van der Waals surface area (Å²) in [6, 6.07) is 11.4. The van der Waals surface area contributed by atoms with Gasteiger partial charge < -0.3 is 15.2 Å². The van der Waals surface area contributed by atoms with E-state index in [1.165, 1.54) is 6.07 Å². The molecule has 1 heterocycles. The Hall–Kier alpha value is -2.11. The van der Waals surface area contributed by atoms with E-state index >= 15 is 0 Å². The molecule has 24 heavy (non-hydrogen) atoms. The Labute approximate surface area is 142 Å². The molecule has 0 radical (unpaired) electrons. The van der Waals surface area contributed by atoms with Crippen LogP contribution in [-0.4, -0.2) is 25.7 Å². The summed E-state index contributed by atoms with van der Waals surface area (Å²) in [6.07, 6.45) is 0. The van der Waals surface area contributed by atoms with E-state index < -0.39 is 0 Å². The van der Waals surface area contributed by atoms with Gasteiger partial charge in [-0.3, -0.25) is 4.90 Å². The van der Waals surface area contributed by atoms with Gasteiger partial charge in [0, 0.05) is 36.8 Å². The molecule has 0 saturated carbocycles. The van der Waals surface area contributed by atoms with Crippen molar-refractivity contribution in [3.8, 4) is 11.5 Å². The van der Waals surface area contributed by atoms with E-state index in [4.69, 9.17) is 15.2 Å². The molecule has 1 aliphatic heterocycles. The number of ether oxygens (including phenoxy) is 2. The van der Waals surface area contributed by atoms with E-state index in [2.05, 4.69) is 11.8 Å². The maximum Gasteiger partial charge on any atom is 0.131 e. The fourth-order valence-electron chi connectivity index (χ4n) is 3.43. The van der Waals surface area contributed by atoms with Crippen molar-refractivity contribution in [3.63, 3.8) is 0 Å². The molecule has 0 aromatic heterocycles. The second kappa shape index (κ2) is 6.79. The normalized spacial score (nSPS) is 18.3. The van der Waals surface area contributed by atoms with Gasteiger partial charge in [-0.1, -0.05) is 12.1 Å². The molecule has 3 rings (SSSR count). The third-order valence-electron chi connectivity index (χ3n) is 4.86. The van der Waals surface area contributed by atoms with Crippen LogP contribution in [0, 0.1) is 5.82 Å². The molecule has 0 saturated heterocycles. The highest BCUT2D eigenvalue weighted by Crippen LogP contribution is 2.42. The summed E-state index contributed by atoms with van der Waals surface area (Å²) in [5, 5.41) is 0. The van der Waals surface area contributed by atoms with Crippen molar-refractivity contribution in [2.75, 3.05) is 20.8 Å². The molecule has 0 fully saturated rings. The average molecular weight is 330 g/mol. The number of methoxy groups -OCH3 is 2. The number of nitrogens with two attached hydrogens (primary N) is 1. The second-order valence-corrected chi connectivity index (χ2v) is 6.05. The van der Waals surface area contributed by atoms with Crippen LogP contribution in [0.1, 0.15) is 35.7 Å². The van der Waals surface area contributed by atoms with Crippen LogP contribution in [0.3, 0.4) is 0 Å². The Morgan fingerprint density at radius 2 is 1.83 bits per heavy atom. The van der Waals surface area contributed by atoms with Crippen LogP contribution >= 0.6 is 0 Å². The summed E-state index contributed by atoms with van der Waals surface area (Å²) in [6.45, 7) is 3.09. The maximum absolute atomic E-state index is 14.4. The minimum absolute atomic E-state index is 0.0262. The van der Waals surface area contributed by atoms with Crippen molar-refractivity contribution in [1.82, 2.24) is 4.90 Å². The Balaban J connectivity index is 1.92. The molecule has 4 nitrogen and oxygen atoms in total. The number of hydrogen-bond acceptors (Lipinski definition) is 4. The third kappa shape index (κ3) is 2.85. The zero-order valence-corrected chi connectivity index (χ0v) is 14.3.